The van der Waals surface area contributed by atoms with E-state index < -0.39 is 0 Å². The number of hydrogen-bond donors (Lipinski definition) is 2. The third kappa shape index (κ3) is 6.52. The summed E-state index contributed by atoms with van der Waals surface area (Å²) in [5.74, 6) is 0.753. The number of aromatic nitrogens is 1. The van der Waals surface area contributed by atoms with Crippen LogP contribution in [0.4, 0.5) is 5.82 Å². The predicted molar refractivity (Wildman–Crippen MR) is 83.1 cm³/mol. The van der Waals surface area contributed by atoms with Gasteiger partial charge in [-0.25, -0.2) is 4.98 Å². The van der Waals surface area contributed by atoms with Crippen LogP contribution in [0.25, 0.3) is 0 Å². The van der Waals surface area contributed by atoms with Crippen molar-refractivity contribution in [1.29, 1.82) is 0 Å². The number of pyridine rings is 1. The minimum atomic E-state index is -0.0723. The number of nitrogens with one attached hydrogen (secondary N) is 2. The summed E-state index contributed by atoms with van der Waals surface area (Å²) in [4.78, 5) is 18.1. The lowest BCUT2D eigenvalue weighted by molar-refractivity contribution is 0.0950. The maximum absolute atomic E-state index is 11.8. The molecule has 1 aromatic heterocycles. The largest absolute Gasteiger partial charge is 0.370 e. The van der Waals surface area contributed by atoms with Crippen molar-refractivity contribution in [3.05, 3.63) is 23.9 Å². The van der Waals surface area contributed by atoms with Crippen LogP contribution in [0.2, 0.25) is 0 Å². The van der Waals surface area contributed by atoms with E-state index in [4.69, 9.17) is 0 Å². The smallest absolute Gasteiger partial charge is 0.252 e. The van der Waals surface area contributed by atoms with Crippen molar-refractivity contribution in [3.63, 3.8) is 0 Å². The molecule has 0 unspecified atom stereocenters. The van der Waals surface area contributed by atoms with Crippen LogP contribution in [0.3, 0.4) is 0 Å². The Hall–Kier alpha value is -1.62. The second-order valence-electron chi connectivity index (χ2n) is 5.13. The molecule has 0 aromatic carbocycles. The Morgan fingerprint density at radius 1 is 1.25 bits per heavy atom. The summed E-state index contributed by atoms with van der Waals surface area (Å²) in [6, 6.07) is 3.66. The summed E-state index contributed by atoms with van der Waals surface area (Å²) >= 11 is 0. The molecule has 1 heterocycles. The fraction of sp³-hybridized carbons (Fsp3) is 0.600. The molecule has 0 atom stereocenters. The molecule has 112 valence electrons. The van der Waals surface area contributed by atoms with Crippen LogP contribution in [0.1, 0.15) is 36.5 Å². The predicted octanol–water partition coefficient (Wildman–Crippen LogP) is 1.98. The fourth-order valence-electron chi connectivity index (χ4n) is 1.72. The van der Waals surface area contributed by atoms with Crippen molar-refractivity contribution in [3.8, 4) is 0 Å². The molecule has 5 nitrogen and oxygen atoms in total. The number of rotatable bonds is 9. The third-order valence-corrected chi connectivity index (χ3v) is 2.96. The highest BCUT2D eigenvalue weighted by molar-refractivity contribution is 5.94. The molecule has 0 saturated carbocycles. The molecule has 0 aliphatic carbocycles. The monoisotopic (exact) mass is 278 g/mol. The number of carbonyl (C=O) groups is 1. The number of hydrogen-bond acceptors (Lipinski definition) is 4. The highest BCUT2D eigenvalue weighted by atomic mass is 16.1. The van der Waals surface area contributed by atoms with Crippen molar-refractivity contribution >= 4 is 11.7 Å². The van der Waals surface area contributed by atoms with Gasteiger partial charge in [0.05, 0.1) is 5.56 Å². The van der Waals surface area contributed by atoms with Crippen molar-refractivity contribution in [2.24, 2.45) is 0 Å². The molecule has 0 saturated heterocycles. The second-order valence-corrected chi connectivity index (χ2v) is 5.13. The third-order valence-electron chi connectivity index (χ3n) is 2.96. The van der Waals surface area contributed by atoms with Crippen molar-refractivity contribution < 1.29 is 4.79 Å². The minimum absolute atomic E-state index is 0.0723. The Balaban J connectivity index is 2.35. The molecule has 0 radical (unpaired) electrons. The van der Waals surface area contributed by atoms with E-state index in [1.807, 2.05) is 25.1 Å². The van der Waals surface area contributed by atoms with Crippen molar-refractivity contribution in [2.45, 2.75) is 26.2 Å². The van der Waals surface area contributed by atoms with Crippen molar-refractivity contribution in [2.75, 3.05) is 39.0 Å². The number of anilines is 1. The van der Waals surface area contributed by atoms with E-state index in [1.54, 1.807) is 12.3 Å². The van der Waals surface area contributed by atoms with Crippen LogP contribution in [-0.2, 0) is 0 Å². The minimum Gasteiger partial charge on any atom is -0.370 e. The lowest BCUT2D eigenvalue weighted by Gasteiger charge is -2.10. The Morgan fingerprint density at radius 2 is 2.05 bits per heavy atom. The van der Waals surface area contributed by atoms with Crippen LogP contribution in [-0.4, -0.2) is 49.5 Å². The molecule has 0 aliphatic rings. The summed E-state index contributed by atoms with van der Waals surface area (Å²) in [7, 11) is 3.96. The van der Waals surface area contributed by atoms with Gasteiger partial charge in [-0.05, 0) is 32.6 Å². The Labute approximate surface area is 121 Å². The number of carbonyl (C=O) groups excluding carboxylic acids is 1. The van der Waals surface area contributed by atoms with Gasteiger partial charge in [0, 0.05) is 25.8 Å². The summed E-state index contributed by atoms with van der Waals surface area (Å²) < 4.78 is 0. The molecule has 5 heteroatoms. The number of unbranched alkanes of at least 4 members (excludes halogenated alkanes) is 2. The summed E-state index contributed by atoms with van der Waals surface area (Å²) in [5, 5.41) is 6.12. The molecule has 0 spiro atoms. The maximum atomic E-state index is 11.8. The van der Waals surface area contributed by atoms with E-state index in [0.29, 0.717) is 12.1 Å². The summed E-state index contributed by atoms with van der Waals surface area (Å²) in [6.45, 7) is 4.58. The second kappa shape index (κ2) is 9.31. The first-order valence-corrected chi connectivity index (χ1v) is 7.26. The van der Waals surface area contributed by atoms with Crippen LogP contribution in [0.15, 0.2) is 18.3 Å². The van der Waals surface area contributed by atoms with E-state index >= 15 is 0 Å². The van der Waals surface area contributed by atoms with E-state index in [-0.39, 0.29) is 5.91 Å². The zero-order chi connectivity index (χ0) is 14.8. The molecule has 20 heavy (non-hydrogen) atoms. The molecule has 2 N–H and O–H groups in total. The summed E-state index contributed by atoms with van der Waals surface area (Å²) in [5.41, 5.74) is 0.600. The number of nitrogens with zero attached hydrogens (tertiary/aromatic N) is 2. The zero-order valence-electron chi connectivity index (χ0n) is 12.8. The van der Waals surface area contributed by atoms with Gasteiger partial charge in [0.1, 0.15) is 5.82 Å². The molecular weight excluding hydrogens is 252 g/mol. The van der Waals surface area contributed by atoms with Gasteiger partial charge in [-0.15, -0.1) is 0 Å². The van der Waals surface area contributed by atoms with Gasteiger partial charge in [0.15, 0.2) is 0 Å². The van der Waals surface area contributed by atoms with Gasteiger partial charge in [0.2, 0.25) is 0 Å². The highest BCUT2D eigenvalue weighted by Crippen LogP contribution is 2.05. The SMILES string of the molecule is CCCCCNc1ccc(C(=O)NCCN(C)C)cn1. The topological polar surface area (TPSA) is 57.3 Å². The van der Waals surface area contributed by atoms with Crippen LogP contribution in [0.5, 0.6) is 0 Å². The molecule has 0 fully saturated rings. The van der Waals surface area contributed by atoms with Gasteiger partial charge in [-0.1, -0.05) is 19.8 Å². The molecule has 0 aliphatic heterocycles. The Morgan fingerprint density at radius 3 is 2.65 bits per heavy atom. The van der Waals surface area contributed by atoms with Crippen LogP contribution in [0, 0.1) is 0 Å². The first-order valence-electron chi connectivity index (χ1n) is 7.26. The lowest BCUT2D eigenvalue weighted by Crippen LogP contribution is -2.31. The summed E-state index contributed by atoms with van der Waals surface area (Å²) in [6.07, 6.45) is 5.19. The van der Waals surface area contributed by atoms with Gasteiger partial charge < -0.3 is 15.5 Å². The number of amides is 1. The first kappa shape index (κ1) is 16.4. The lowest BCUT2D eigenvalue weighted by atomic mass is 10.2. The van der Waals surface area contributed by atoms with Gasteiger partial charge in [-0.3, -0.25) is 4.79 Å². The number of likely N-dealkylation sites (N-methyl/N-ethyl adjacent to an activating group) is 1. The first-order chi connectivity index (χ1) is 9.63. The van der Waals surface area contributed by atoms with E-state index in [1.165, 1.54) is 12.8 Å². The Bertz CT molecular complexity index is 389. The molecule has 0 bridgehead atoms. The van der Waals surface area contributed by atoms with E-state index in [9.17, 15) is 4.79 Å². The van der Waals surface area contributed by atoms with Gasteiger partial charge >= 0.3 is 0 Å². The highest BCUT2D eigenvalue weighted by Gasteiger charge is 2.05. The Kier molecular flexibility index (Phi) is 7.65. The fourth-order valence-corrected chi connectivity index (χ4v) is 1.72. The maximum Gasteiger partial charge on any atom is 0.252 e. The molecule has 1 aromatic rings. The standard InChI is InChI=1S/C15H26N4O/c1-4-5-6-9-16-14-8-7-13(12-18-14)15(20)17-10-11-19(2)3/h7-8,12H,4-6,9-11H2,1-3H3,(H,16,18)(H,17,20). The molecule has 1 rings (SSSR count). The van der Waals surface area contributed by atoms with Gasteiger partial charge in [-0.2, -0.15) is 0 Å². The van der Waals surface area contributed by atoms with Crippen LogP contribution < -0.4 is 10.6 Å². The normalized spacial score (nSPS) is 10.6. The molecular formula is C15H26N4O. The van der Waals surface area contributed by atoms with E-state index in [2.05, 4.69) is 22.5 Å². The quantitative estimate of drug-likeness (QED) is 0.678. The molecule has 1 amide bonds. The average molecular weight is 278 g/mol. The average Bonchev–Trinajstić information content (AvgIpc) is 2.44. The van der Waals surface area contributed by atoms with E-state index in [0.717, 1.165) is 25.3 Å². The van der Waals surface area contributed by atoms with Crippen LogP contribution >= 0.6 is 0 Å². The zero-order valence-corrected chi connectivity index (χ0v) is 12.8. The van der Waals surface area contributed by atoms with Gasteiger partial charge in [0.25, 0.3) is 5.91 Å². The van der Waals surface area contributed by atoms with Crippen molar-refractivity contribution in [1.82, 2.24) is 15.2 Å².